The number of rotatable bonds is 7. The standard InChI is InChI=1S/C13H18N2O4/c1-3-9(4-2)8-14-11-7-5-6-10(13(16)17)12(11)15(18)19/h5-7,9,14H,3-4,8H2,1-2H3,(H,16,17). The third-order valence-corrected chi connectivity index (χ3v) is 3.18. The number of nitrogens with one attached hydrogen (secondary N) is 1. The lowest BCUT2D eigenvalue weighted by Crippen LogP contribution is -2.14. The van der Waals surface area contributed by atoms with Crippen molar-refractivity contribution in [2.24, 2.45) is 5.92 Å². The van der Waals surface area contributed by atoms with Crippen LogP contribution in [-0.4, -0.2) is 22.5 Å². The van der Waals surface area contributed by atoms with Crippen LogP contribution in [0.5, 0.6) is 0 Å². The maximum absolute atomic E-state index is 11.0. The van der Waals surface area contributed by atoms with Crippen LogP contribution < -0.4 is 5.32 Å². The van der Waals surface area contributed by atoms with Crippen molar-refractivity contribution in [3.8, 4) is 0 Å². The number of para-hydroxylation sites is 1. The minimum Gasteiger partial charge on any atom is -0.477 e. The van der Waals surface area contributed by atoms with Gasteiger partial charge in [-0.25, -0.2) is 4.79 Å². The molecule has 0 saturated carbocycles. The van der Waals surface area contributed by atoms with Crippen LogP contribution in [0, 0.1) is 16.0 Å². The lowest BCUT2D eigenvalue weighted by molar-refractivity contribution is -0.384. The summed E-state index contributed by atoms with van der Waals surface area (Å²) in [6, 6.07) is 4.28. The predicted molar refractivity (Wildman–Crippen MR) is 72.6 cm³/mol. The molecule has 0 unspecified atom stereocenters. The number of carbonyl (C=O) groups is 1. The normalized spacial score (nSPS) is 10.5. The molecule has 0 amide bonds. The minimum absolute atomic E-state index is 0.261. The molecule has 0 bridgehead atoms. The predicted octanol–water partition coefficient (Wildman–Crippen LogP) is 3.14. The fraction of sp³-hybridized carbons (Fsp3) is 0.462. The van der Waals surface area contributed by atoms with Gasteiger partial charge in [0.05, 0.1) is 4.92 Å². The Bertz CT molecular complexity index is 470. The van der Waals surface area contributed by atoms with Crippen LogP contribution in [0.3, 0.4) is 0 Å². The third kappa shape index (κ3) is 3.67. The number of hydrogen-bond acceptors (Lipinski definition) is 4. The van der Waals surface area contributed by atoms with E-state index in [9.17, 15) is 14.9 Å². The highest BCUT2D eigenvalue weighted by atomic mass is 16.6. The fourth-order valence-corrected chi connectivity index (χ4v) is 1.89. The molecule has 0 fully saturated rings. The van der Waals surface area contributed by atoms with Crippen molar-refractivity contribution >= 4 is 17.3 Å². The molecule has 1 rings (SSSR count). The van der Waals surface area contributed by atoms with E-state index in [-0.39, 0.29) is 16.9 Å². The van der Waals surface area contributed by atoms with E-state index in [1.54, 1.807) is 0 Å². The molecular weight excluding hydrogens is 248 g/mol. The Hall–Kier alpha value is -2.11. The van der Waals surface area contributed by atoms with Crippen molar-refractivity contribution in [2.45, 2.75) is 26.7 Å². The lowest BCUT2D eigenvalue weighted by atomic mass is 10.0. The maximum Gasteiger partial charge on any atom is 0.342 e. The zero-order valence-electron chi connectivity index (χ0n) is 11.0. The Balaban J connectivity index is 3.03. The zero-order valence-corrected chi connectivity index (χ0v) is 11.0. The van der Waals surface area contributed by atoms with Crippen molar-refractivity contribution in [3.63, 3.8) is 0 Å². The van der Waals surface area contributed by atoms with Gasteiger partial charge in [-0.05, 0) is 18.1 Å². The highest BCUT2D eigenvalue weighted by Crippen LogP contribution is 2.29. The first-order valence-corrected chi connectivity index (χ1v) is 6.25. The summed E-state index contributed by atoms with van der Waals surface area (Å²) in [5, 5.41) is 23.0. The number of nitro benzene ring substituents is 1. The largest absolute Gasteiger partial charge is 0.477 e. The second-order valence-electron chi connectivity index (χ2n) is 4.33. The van der Waals surface area contributed by atoms with Gasteiger partial charge in [0.2, 0.25) is 0 Å². The Morgan fingerprint density at radius 3 is 2.53 bits per heavy atom. The first-order valence-electron chi connectivity index (χ1n) is 6.25. The van der Waals surface area contributed by atoms with Gasteiger partial charge in [-0.2, -0.15) is 0 Å². The molecule has 6 heteroatoms. The average molecular weight is 266 g/mol. The number of benzene rings is 1. The molecule has 0 aliphatic heterocycles. The molecule has 19 heavy (non-hydrogen) atoms. The Labute approximate surface area is 111 Å². The average Bonchev–Trinajstić information content (AvgIpc) is 2.39. The number of nitro groups is 1. The maximum atomic E-state index is 11.0. The van der Waals surface area contributed by atoms with Crippen molar-refractivity contribution < 1.29 is 14.8 Å². The van der Waals surface area contributed by atoms with Gasteiger partial charge in [-0.3, -0.25) is 10.1 Å². The van der Waals surface area contributed by atoms with Crippen LogP contribution in [0.15, 0.2) is 18.2 Å². The summed E-state index contributed by atoms with van der Waals surface area (Å²) in [5.74, 6) is -0.883. The molecule has 0 aromatic heterocycles. The van der Waals surface area contributed by atoms with Crippen molar-refractivity contribution in [1.82, 2.24) is 0 Å². The van der Waals surface area contributed by atoms with Gasteiger partial charge in [-0.15, -0.1) is 0 Å². The number of carboxylic acids is 1. The van der Waals surface area contributed by atoms with Crippen LogP contribution >= 0.6 is 0 Å². The monoisotopic (exact) mass is 266 g/mol. The Morgan fingerprint density at radius 1 is 1.42 bits per heavy atom. The van der Waals surface area contributed by atoms with Crippen LogP contribution in [0.25, 0.3) is 0 Å². The van der Waals surface area contributed by atoms with E-state index in [2.05, 4.69) is 19.2 Å². The topological polar surface area (TPSA) is 92.5 Å². The van der Waals surface area contributed by atoms with Crippen molar-refractivity contribution in [2.75, 3.05) is 11.9 Å². The van der Waals surface area contributed by atoms with Crippen LogP contribution in [0.1, 0.15) is 37.0 Å². The number of aromatic carboxylic acids is 1. The summed E-state index contributed by atoms with van der Waals surface area (Å²) in [6.07, 6.45) is 1.94. The van der Waals surface area contributed by atoms with E-state index in [0.29, 0.717) is 12.5 Å². The molecule has 2 N–H and O–H groups in total. The van der Waals surface area contributed by atoms with Gasteiger partial charge in [0.15, 0.2) is 0 Å². The summed E-state index contributed by atoms with van der Waals surface area (Å²) in [5.41, 5.74) is -0.405. The third-order valence-electron chi connectivity index (χ3n) is 3.18. The molecule has 0 heterocycles. The number of nitrogens with zero attached hydrogens (tertiary/aromatic N) is 1. The molecule has 6 nitrogen and oxygen atoms in total. The molecular formula is C13H18N2O4. The molecule has 104 valence electrons. The van der Waals surface area contributed by atoms with E-state index in [1.807, 2.05) is 0 Å². The molecule has 1 aromatic rings. The van der Waals surface area contributed by atoms with Gasteiger partial charge >= 0.3 is 11.7 Å². The van der Waals surface area contributed by atoms with Gasteiger partial charge < -0.3 is 10.4 Å². The van der Waals surface area contributed by atoms with Crippen LogP contribution in [0.2, 0.25) is 0 Å². The van der Waals surface area contributed by atoms with Crippen molar-refractivity contribution in [3.05, 3.63) is 33.9 Å². The van der Waals surface area contributed by atoms with E-state index < -0.39 is 10.9 Å². The van der Waals surface area contributed by atoms with E-state index in [4.69, 9.17) is 5.11 Å². The number of carboxylic acid groups (broad SMARTS) is 1. The summed E-state index contributed by atoms with van der Waals surface area (Å²) < 4.78 is 0. The number of anilines is 1. The highest BCUT2D eigenvalue weighted by molar-refractivity contribution is 5.95. The minimum atomic E-state index is -1.29. The SMILES string of the molecule is CCC(CC)CNc1cccc(C(=O)O)c1[N+](=O)[O-]. The zero-order chi connectivity index (χ0) is 14.4. The second-order valence-corrected chi connectivity index (χ2v) is 4.33. The van der Waals surface area contributed by atoms with Gasteiger partial charge in [-0.1, -0.05) is 32.8 Å². The highest BCUT2D eigenvalue weighted by Gasteiger charge is 2.24. The molecule has 0 spiro atoms. The quantitative estimate of drug-likeness (QED) is 0.584. The van der Waals surface area contributed by atoms with E-state index >= 15 is 0 Å². The summed E-state index contributed by atoms with van der Waals surface area (Å²) in [7, 11) is 0. The van der Waals surface area contributed by atoms with Gasteiger partial charge in [0, 0.05) is 6.54 Å². The summed E-state index contributed by atoms with van der Waals surface area (Å²) in [4.78, 5) is 21.4. The van der Waals surface area contributed by atoms with Gasteiger partial charge in [0.25, 0.3) is 0 Å². The fourth-order valence-electron chi connectivity index (χ4n) is 1.89. The summed E-state index contributed by atoms with van der Waals surface area (Å²) in [6.45, 7) is 4.70. The molecule has 0 aliphatic rings. The summed E-state index contributed by atoms with van der Waals surface area (Å²) >= 11 is 0. The Kier molecular flexibility index (Phi) is 5.29. The first-order chi connectivity index (χ1) is 9.01. The molecule has 0 radical (unpaired) electrons. The smallest absolute Gasteiger partial charge is 0.342 e. The lowest BCUT2D eigenvalue weighted by Gasteiger charge is -2.14. The van der Waals surface area contributed by atoms with Crippen molar-refractivity contribution in [1.29, 1.82) is 0 Å². The first kappa shape index (κ1) is 14.9. The van der Waals surface area contributed by atoms with E-state index in [1.165, 1.54) is 18.2 Å². The molecule has 0 saturated heterocycles. The molecule has 1 aromatic carbocycles. The number of hydrogen-bond donors (Lipinski definition) is 2. The molecule has 0 atom stereocenters. The van der Waals surface area contributed by atoms with Crippen LogP contribution in [0.4, 0.5) is 11.4 Å². The van der Waals surface area contributed by atoms with Gasteiger partial charge in [0.1, 0.15) is 11.3 Å². The second kappa shape index (κ2) is 6.72. The van der Waals surface area contributed by atoms with E-state index in [0.717, 1.165) is 12.8 Å². The molecule has 0 aliphatic carbocycles. The van der Waals surface area contributed by atoms with Crippen LogP contribution in [-0.2, 0) is 0 Å². The Morgan fingerprint density at radius 2 is 2.05 bits per heavy atom.